The molecule has 2 heterocycles. The zero-order valence-corrected chi connectivity index (χ0v) is 18.3. The zero-order chi connectivity index (χ0) is 22.3. The minimum Gasteiger partial charge on any atom is -0.494 e. The predicted octanol–water partition coefficient (Wildman–Crippen LogP) is 4.72. The van der Waals surface area contributed by atoms with Gasteiger partial charge in [-0.2, -0.15) is 0 Å². The molecule has 0 radical (unpaired) electrons. The number of nitrogens with one attached hydrogen (secondary N) is 2. The first-order valence-electron chi connectivity index (χ1n) is 10.1. The number of ether oxygens (including phenoxy) is 1. The fourth-order valence-corrected chi connectivity index (χ4v) is 3.83. The quantitative estimate of drug-likeness (QED) is 0.383. The Hall–Kier alpha value is -3.78. The van der Waals surface area contributed by atoms with E-state index in [0.717, 1.165) is 16.4 Å². The molecule has 162 valence electrons. The van der Waals surface area contributed by atoms with Gasteiger partial charge in [-0.3, -0.25) is 14.0 Å². The third-order valence-electron chi connectivity index (χ3n) is 4.59. The number of fused-ring (bicyclic) bond motifs is 1. The van der Waals surface area contributed by atoms with Gasteiger partial charge >= 0.3 is 0 Å². The van der Waals surface area contributed by atoms with Crippen LogP contribution in [-0.2, 0) is 4.79 Å². The highest BCUT2D eigenvalue weighted by Gasteiger charge is 2.10. The van der Waals surface area contributed by atoms with E-state index in [1.165, 1.54) is 11.8 Å². The van der Waals surface area contributed by atoms with E-state index >= 15 is 0 Å². The number of rotatable bonds is 8. The second-order valence-electron chi connectivity index (χ2n) is 6.86. The summed E-state index contributed by atoms with van der Waals surface area (Å²) in [4.78, 5) is 29.1. The van der Waals surface area contributed by atoms with Crippen molar-refractivity contribution < 1.29 is 14.3 Å². The number of anilines is 2. The fourth-order valence-electron chi connectivity index (χ4n) is 3.06. The van der Waals surface area contributed by atoms with E-state index in [1.54, 1.807) is 42.6 Å². The molecule has 0 aliphatic heterocycles. The van der Waals surface area contributed by atoms with Gasteiger partial charge in [0.15, 0.2) is 5.16 Å². The molecule has 0 saturated carbocycles. The summed E-state index contributed by atoms with van der Waals surface area (Å²) in [6.45, 7) is 2.51. The average molecular weight is 447 g/mol. The largest absolute Gasteiger partial charge is 0.494 e. The topological polar surface area (TPSA) is 84.7 Å². The lowest BCUT2D eigenvalue weighted by atomic mass is 10.2. The summed E-state index contributed by atoms with van der Waals surface area (Å²) in [7, 11) is 0. The van der Waals surface area contributed by atoms with Crippen LogP contribution in [0.1, 0.15) is 17.3 Å². The number of carbonyl (C=O) groups excluding carboxylic acids is 2. The molecule has 0 atom stereocenters. The first-order chi connectivity index (χ1) is 15.6. The molecule has 4 aromatic rings. The smallest absolute Gasteiger partial charge is 0.255 e. The van der Waals surface area contributed by atoms with Gasteiger partial charge in [0.25, 0.3) is 5.91 Å². The van der Waals surface area contributed by atoms with Crippen molar-refractivity contribution in [3.05, 3.63) is 84.7 Å². The van der Waals surface area contributed by atoms with Crippen LogP contribution >= 0.6 is 11.8 Å². The number of thioether (sulfide) groups is 1. The number of imidazole rings is 1. The Morgan fingerprint density at radius 2 is 1.69 bits per heavy atom. The van der Waals surface area contributed by atoms with Gasteiger partial charge in [-0.15, -0.1) is 0 Å². The van der Waals surface area contributed by atoms with E-state index < -0.39 is 0 Å². The molecule has 2 N–H and O–H groups in total. The van der Waals surface area contributed by atoms with Gasteiger partial charge in [0.05, 0.1) is 24.1 Å². The summed E-state index contributed by atoms with van der Waals surface area (Å²) in [5.41, 5.74) is 2.78. The summed E-state index contributed by atoms with van der Waals surface area (Å²) < 4.78 is 7.34. The van der Waals surface area contributed by atoms with Crippen LogP contribution in [0.5, 0.6) is 5.75 Å². The Bertz CT molecular complexity index is 1220. The summed E-state index contributed by atoms with van der Waals surface area (Å²) >= 11 is 1.36. The first kappa shape index (κ1) is 21.5. The van der Waals surface area contributed by atoms with Gasteiger partial charge in [0, 0.05) is 23.1 Å². The Morgan fingerprint density at radius 1 is 0.969 bits per heavy atom. The molecule has 2 aromatic heterocycles. The van der Waals surface area contributed by atoms with E-state index in [1.807, 2.05) is 47.9 Å². The Kier molecular flexibility index (Phi) is 6.72. The lowest BCUT2D eigenvalue weighted by Crippen LogP contribution is -2.15. The van der Waals surface area contributed by atoms with Gasteiger partial charge in [-0.25, -0.2) is 4.98 Å². The number of pyridine rings is 1. The maximum absolute atomic E-state index is 12.5. The second-order valence-corrected chi connectivity index (χ2v) is 7.80. The van der Waals surface area contributed by atoms with Crippen LogP contribution in [-0.4, -0.2) is 33.6 Å². The van der Waals surface area contributed by atoms with Crippen molar-refractivity contribution in [2.45, 2.75) is 12.1 Å². The first-order valence-corrected chi connectivity index (χ1v) is 11.1. The molecule has 8 heteroatoms. The summed E-state index contributed by atoms with van der Waals surface area (Å²) in [5, 5.41) is 6.45. The zero-order valence-electron chi connectivity index (χ0n) is 17.4. The highest BCUT2D eigenvalue weighted by atomic mass is 32.2. The molecule has 0 bridgehead atoms. The molecule has 32 heavy (non-hydrogen) atoms. The summed E-state index contributed by atoms with van der Waals surface area (Å²) in [6.07, 6.45) is 3.69. The molecule has 0 fully saturated rings. The van der Waals surface area contributed by atoms with E-state index in [-0.39, 0.29) is 17.6 Å². The summed E-state index contributed by atoms with van der Waals surface area (Å²) in [5.74, 6) is 0.612. The van der Waals surface area contributed by atoms with Crippen LogP contribution in [0.2, 0.25) is 0 Å². The number of benzene rings is 2. The highest BCUT2D eigenvalue weighted by Crippen LogP contribution is 2.20. The SMILES string of the molecule is CCOc1ccc(NC(=O)c2ccc(NC(=O)CSc3ncc4ccccn34)cc2)cc1. The number of nitrogens with zero attached hydrogens (tertiary/aromatic N) is 2. The fraction of sp³-hybridized carbons (Fsp3) is 0.125. The van der Waals surface area contributed by atoms with Crippen LogP contribution in [0.15, 0.2) is 84.3 Å². The minimum absolute atomic E-state index is 0.144. The highest BCUT2D eigenvalue weighted by molar-refractivity contribution is 7.99. The van der Waals surface area contributed by atoms with Crippen molar-refractivity contribution >= 4 is 40.5 Å². The molecule has 2 aromatic carbocycles. The minimum atomic E-state index is -0.228. The molecule has 7 nitrogen and oxygen atoms in total. The van der Waals surface area contributed by atoms with Gasteiger partial charge in [0.1, 0.15) is 5.75 Å². The number of hydrogen-bond acceptors (Lipinski definition) is 5. The third kappa shape index (κ3) is 5.28. The molecule has 0 aliphatic rings. The number of aromatic nitrogens is 2. The lowest BCUT2D eigenvalue weighted by molar-refractivity contribution is -0.113. The van der Waals surface area contributed by atoms with E-state index in [0.29, 0.717) is 23.5 Å². The van der Waals surface area contributed by atoms with Gasteiger partial charge in [-0.1, -0.05) is 17.8 Å². The van der Waals surface area contributed by atoms with Gasteiger partial charge in [0.2, 0.25) is 5.91 Å². The van der Waals surface area contributed by atoms with Crippen molar-refractivity contribution in [1.82, 2.24) is 9.38 Å². The molecular weight excluding hydrogens is 424 g/mol. The average Bonchev–Trinajstić information content (AvgIpc) is 3.23. The molecule has 0 saturated heterocycles. The van der Waals surface area contributed by atoms with Crippen molar-refractivity contribution in [2.75, 3.05) is 23.0 Å². The Balaban J connectivity index is 1.29. The molecule has 0 unspecified atom stereocenters. The van der Waals surface area contributed by atoms with E-state index in [9.17, 15) is 9.59 Å². The number of hydrogen-bond donors (Lipinski definition) is 2. The Morgan fingerprint density at radius 3 is 2.44 bits per heavy atom. The normalized spacial score (nSPS) is 10.7. The third-order valence-corrected chi connectivity index (χ3v) is 5.56. The molecule has 4 rings (SSSR count). The molecular formula is C24H22N4O3S. The number of amides is 2. The monoisotopic (exact) mass is 446 g/mol. The maximum Gasteiger partial charge on any atom is 0.255 e. The van der Waals surface area contributed by atoms with Crippen LogP contribution in [0.3, 0.4) is 0 Å². The molecule has 0 aliphatic carbocycles. The molecule has 2 amide bonds. The maximum atomic E-state index is 12.5. The van der Waals surface area contributed by atoms with Crippen molar-refractivity contribution in [1.29, 1.82) is 0 Å². The second kappa shape index (κ2) is 10.0. The van der Waals surface area contributed by atoms with Crippen molar-refractivity contribution in [3.8, 4) is 5.75 Å². The van der Waals surface area contributed by atoms with E-state index in [2.05, 4.69) is 15.6 Å². The van der Waals surface area contributed by atoms with Crippen LogP contribution in [0, 0.1) is 0 Å². The van der Waals surface area contributed by atoms with Gasteiger partial charge in [-0.05, 0) is 67.6 Å². The lowest BCUT2D eigenvalue weighted by Gasteiger charge is -2.08. The Labute approximate surface area is 189 Å². The van der Waals surface area contributed by atoms with E-state index in [4.69, 9.17) is 4.74 Å². The van der Waals surface area contributed by atoms with Crippen LogP contribution < -0.4 is 15.4 Å². The van der Waals surface area contributed by atoms with Crippen molar-refractivity contribution in [2.24, 2.45) is 0 Å². The van der Waals surface area contributed by atoms with Gasteiger partial charge < -0.3 is 15.4 Å². The number of carbonyl (C=O) groups is 2. The standard InChI is InChI=1S/C24H22N4O3S/c1-2-31-21-12-10-19(11-13-21)27-23(30)17-6-8-18(9-7-17)26-22(29)16-32-24-25-15-20-5-3-4-14-28(20)24/h3-15H,2,16H2,1H3,(H,26,29)(H,27,30). The summed E-state index contributed by atoms with van der Waals surface area (Å²) in [6, 6.07) is 19.8. The van der Waals surface area contributed by atoms with Crippen LogP contribution in [0.4, 0.5) is 11.4 Å². The predicted molar refractivity (Wildman–Crippen MR) is 127 cm³/mol. The van der Waals surface area contributed by atoms with Crippen molar-refractivity contribution in [3.63, 3.8) is 0 Å². The van der Waals surface area contributed by atoms with Crippen LogP contribution in [0.25, 0.3) is 5.52 Å². The molecule has 0 spiro atoms.